The number of aromatic amines is 1. The third-order valence-corrected chi connectivity index (χ3v) is 2.37. The lowest BCUT2D eigenvalue weighted by Gasteiger charge is -1.94. The Kier molecular flexibility index (Phi) is 1.98. The molecule has 0 fully saturated rings. The molecule has 5 heteroatoms. The van der Waals surface area contributed by atoms with Gasteiger partial charge in [-0.2, -0.15) is 5.10 Å². The Labute approximate surface area is 83.6 Å². The number of nitrogens with one attached hydrogen (secondary N) is 1. The average Bonchev–Trinajstić information content (AvgIpc) is 2.56. The van der Waals surface area contributed by atoms with Gasteiger partial charge in [0.1, 0.15) is 11.2 Å². The van der Waals surface area contributed by atoms with Gasteiger partial charge in [-0.05, 0) is 12.1 Å². The van der Waals surface area contributed by atoms with Crippen LogP contribution in [0.25, 0.3) is 10.9 Å². The van der Waals surface area contributed by atoms with Crippen molar-refractivity contribution in [2.75, 3.05) is 0 Å². The van der Waals surface area contributed by atoms with Crippen LogP contribution in [0.2, 0.25) is 10.0 Å². The Morgan fingerprint density at radius 2 is 2.00 bits per heavy atom. The second-order valence-electron chi connectivity index (χ2n) is 2.51. The molecule has 0 unspecified atom stereocenters. The van der Waals surface area contributed by atoms with Gasteiger partial charge in [0, 0.05) is 0 Å². The van der Waals surface area contributed by atoms with Crippen LogP contribution < -0.4 is 0 Å². The molecule has 2 rings (SSSR count). The molecule has 0 amide bonds. The van der Waals surface area contributed by atoms with E-state index < -0.39 is 0 Å². The predicted molar refractivity (Wildman–Crippen MR) is 51.5 cm³/mol. The highest BCUT2D eigenvalue weighted by Crippen LogP contribution is 2.29. The van der Waals surface area contributed by atoms with Crippen LogP contribution in [0.5, 0.6) is 0 Å². The number of fused-ring (bicyclic) bond motifs is 1. The third kappa shape index (κ3) is 1.20. The maximum atomic E-state index is 10.6. The molecule has 0 aliphatic heterocycles. The highest BCUT2D eigenvalue weighted by molar-refractivity contribution is 6.40. The Bertz CT molecular complexity index is 478. The molecule has 0 aliphatic rings. The molecule has 66 valence electrons. The fraction of sp³-hybridized carbons (Fsp3) is 0. The number of rotatable bonds is 1. The van der Waals surface area contributed by atoms with Crippen molar-refractivity contribution in [3.8, 4) is 0 Å². The Balaban J connectivity index is 2.95. The van der Waals surface area contributed by atoms with Crippen LogP contribution in [0.4, 0.5) is 0 Å². The molecular formula is C8H4Cl2N2O. The number of nitrogens with zero attached hydrogens (tertiary/aromatic N) is 1. The molecule has 0 bridgehead atoms. The molecule has 1 heterocycles. The minimum Gasteiger partial charge on any atom is -0.296 e. The Morgan fingerprint density at radius 1 is 1.31 bits per heavy atom. The summed E-state index contributed by atoms with van der Waals surface area (Å²) in [4.78, 5) is 10.6. The zero-order valence-electron chi connectivity index (χ0n) is 6.34. The largest absolute Gasteiger partial charge is 0.296 e. The van der Waals surface area contributed by atoms with Gasteiger partial charge in [-0.15, -0.1) is 0 Å². The second kappa shape index (κ2) is 3.01. The first-order chi connectivity index (χ1) is 6.24. The molecule has 0 atom stereocenters. The normalized spacial score (nSPS) is 10.6. The summed E-state index contributed by atoms with van der Waals surface area (Å²) in [6.07, 6.45) is 0.664. The van der Waals surface area contributed by atoms with Crippen molar-refractivity contribution in [1.29, 1.82) is 0 Å². The minimum absolute atomic E-state index is 0.350. The van der Waals surface area contributed by atoms with Crippen LogP contribution in [0, 0.1) is 0 Å². The quantitative estimate of drug-likeness (QED) is 0.743. The van der Waals surface area contributed by atoms with Gasteiger partial charge in [0.25, 0.3) is 0 Å². The zero-order valence-corrected chi connectivity index (χ0v) is 7.86. The summed E-state index contributed by atoms with van der Waals surface area (Å²) in [6.45, 7) is 0. The molecule has 13 heavy (non-hydrogen) atoms. The highest BCUT2D eigenvalue weighted by atomic mass is 35.5. The van der Waals surface area contributed by atoms with Crippen LogP contribution in [0.3, 0.4) is 0 Å². The van der Waals surface area contributed by atoms with Gasteiger partial charge >= 0.3 is 0 Å². The number of carbonyl (C=O) groups excluding carboxylic acids is 1. The summed E-state index contributed by atoms with van der Waals surface area (Å²) in [5.74, 6) is 0. The molecule has 0 spiro atoms. The van der Waals surface area contributed by atoms with Gasteiger partial charge in [-0.1, -0.05) is 23.2 Å². The Morgan fingerprint density at radius 3 is 2.69 bits per heavy atom. The molecule has 3 nitrogen and oxygen atoms in total. The van der Waals surface area contributed by atoms with Crippen molar-refractivity contribution in [2.45, 2.75) is 0 Å². The van der Waals surface area contributed by atoms with Gasteiger partial charge in [-0.3, -0.25) is 9.89 Å². The number of carbonyl (C=O) groups is 1. The lowest BCUT2D eigenvalue weighted by atomic mass is 10.2. The molecule has 0 saturated heterocycles. The maximum absolute atomic E-state index is 10.6. The smallest absolute Gasteiger partial charge is 0.168 e. The number of hydrogen-bond donors (Lipinski definition) is 1. The van der Waals surface area contributed by atoms with Crippen molar-refractivity contribution < 1.29 is 4.79 Å². The lowest BCUT2D eigenvalue weighted by Crippen LogP contribution is -1.79. The average molecular weight is 215 g/mol. The predicted octanol–water partition coefficient (Wildman–Crippen LogP) is 2.68. The van der Waals surface area contributed by atoms with Crippen LogP contribution >= 0.6 is 23.2 Å². The molecule has 1 N–H and O–H groups in total. The first-order valence-electron chi connectivity index (χ1n) is 3.51. The van der Waals surface area contributed by atoms with E-state index in [1.54, 1.807) is 12.1 Å². The number of H-pyrrole nitrogens is 1. The van der Waals surface area contributed by atoms with Gasteiger partial charge in [-0.25, -0.2) is 0 Å². The van der Waals surface area contributed by atoms with E-state index in [0.29, 0.717) is 32.9 Å². The summed E-state index contributed by atoms with van der Waals surface area (Å²) in [5.41, 5.74) is 0.874. The fourth-order valence-corrected chi connectivity index (χ4v) is 1.62. The molecule has 0 aliphatic carbocycles. The van der Waals surface area contributed by atoms with E-state index in [0.717, 1.165) is 0 Å². The van der Waals surface area contributed by atoms with E-state index >= 15 is 0 Å². The number of aromatic nitrogens is 2. The zero-order chi connectivity index (χ0) is 9.42. The van der Waals surface area contributed by atoms with Crippen molar-refractivity contribution in [1.82, 2.24) is 10.2 Å². The minimum atomic E-state index is 0.350. The van der Waals surface area contributed by atoms with Crippen LogP contribution in [-0.2, 0) is 0 Å². The van der Waals surface area contributed by atoms with Crippen molar-refractivity contribution in [2.24, 2.45) is 0 Å². The van der Waals surface area contributed by atoms with E-state index in [4.69, 9.17) is 23.2 Å². The van der Waals surface area contributed by atoms with Crippen LogP contribution in [0.15, 0.2) is 12.1 Å². The molecule has 1 aromatic heterocycles. The summed E-state index contributed by atoms with van der Waals surface area (Å²) < 4.78 is 0. The molecular weight excluding hydrogens is 211 g/mol. The fourth-order valence-electron chi connectivity index (χ4n) is 1.16. The number of halogens is 2. The summed E-state index contributed by atoms with van der Waals surface area (Å²) in [5, 5.41) is 7.95. The summed E-state index contributed by atoms with van der Waals surface area (Å²) in [6, 6.07) is 3.27. The van der Waals surface area contributed by atoms with Crippen molar-refractivity contribution in [3.63, 3.8) is 0 Å². The van der Waals surface area contributed by atoms with E-state index in [1.165, 1.54) is 0 Å². The van der Waals surface area contributed by atoms with Gasteiger partial charge in [0.2, 0.25) is 0 Å². The molecule has 0 radical (unpaired) electrons. The van der Waals surface area contributed by atoms with Crippen LogP contribution in [-0.4, -0.2) is 16.5 Å². The SMILES string of the molecule is O=Cc1[nH]nc2c(Cl)ccc(Cl)c12. The lowest BCUT2D eigenvalue weighted by molar-refractivity contribution is 0.112. The van der Waals surface area contributed by atoms with E-state index in [1.807, 2.05) is 0 Å². The summed E-state index contributed by atoms with van der Waals surface area (Å²) >= 11 is 11.7. The van der Waals surface area contributed by atoms with E-state index in [-0.39, 0.29) is 0 Å². The van der Waals surface area contributed by atoms with Crippen molar-refractivity contribution in [3.05, 3.63) is 27.9 Å². The monoisotopic (exact) mass is 214 g/mol. The number of aldehydes is 1. The van der Waals surface area contributed by atoms with Gasteiger partial charge in [0.15, 0.2) is 6.29 Å². The second-order valence-corrected chi connectivity index (χ2v) is 3.32. The number of benzene rings is 1. The Hall–Kier alpha value is -1.06. The van der Waals surface area contributed by atoms with Gasteiger partial charge < -0.3 is 0 Å². The first-order valence-corrected chi connectivity index (χ1v) is 4.27. The molecule has 2 aromatic rings. The van der Waals surface area contributed by atoms with E-state index in [2.05, 4.69) is 10.2 Å². The highest BCUT2D eigenvalue weighted by Gasteiger charge is 2.10. The van der Waals surface area contributed by atoms with Gasteiger partial charge in [0.05, 0.1) is 15.4 Å². The molecule has 1 aromatic carbocycles. The van der Waals surface area contributed by atoms with Crippen LogP contribution in [0.1, 0.15) is 10.5 Å². The topological polar surface area (TPSA) is 45.8 Å². The van der Waals surface area contributed by atoms with Crippen molar-refractivity contribution >= 4 is 40.4 Å². The third-order valence-electron chi connectivity index (χ3n) is 1.75. The maximum Gasteiger partial charge on any atom is 0.168 e. The standard InChI is InChI=1S/C8H4Cl2N2O/c9-4-1-2-5(10)8-7(4)6(3-13)11-12-8/h1-3H,(H,11,12). The van der Waals surface area contributed by atoms with E-state index in [9.17, 15) is 4.79 Å². The first kappa shape index (κ1) is 8.53. The summed E-state index contributed by atoms with van der Waals surface area (Å²) in [7, 11) is 0. The molecule has 0 saturated carbocycles. The number of hydrogen-bond acceptors (Lipinski definition) is 2.